The number of hydrogen-bond acceptors (Lipinski definition) is 8. The van der Waals surface area contributed by atoms with E-state index >= 15 is 0 Å². The van der Waals surface area contributed by atoms with E-state index in [1.165, 1.54) is 34.1 Å². The lowest BCUT2D eigenvalue weighted by Gasteiger charge is -2.13. The minimum atomic E-state index is -0.622. The van der Waals surface area contributed by atoms with Crippen LogP contribution in [0.4, 0.5) is 5.69 Å². The lowest BCUT2D eigenvalue weighted by molar-refractivity contribution is -0.132. The number of aliphatic imine (C=N–C) groups is 1. The van der Waals surface area contributed by atoms with Crippen molar-refractivity contribution >= 4 is 35.5 Å². The van der Waals surface area contributed by atoms with Crippen molar-refractivity contribution in [1.29, 1.82) is 0 Å². The van der Waals surface area contributed by atoms with Gasteiger partial charge in [-0.1, -0.05) is 0 Å². The Balaban J connectivity index is 1.92. The van der Waals surface area contributed by atoms with Crippen LogP contribution in [0.1, 0.15) is 25.0 Å². The van der Waals surface area contributed by atoms with Crippen molar-refractivity contribution in [2.45, 2.75) is 13.8 Å². The third-order valence-electron chi connectivity index (χ3n) is 4.10. The van der Waals surface area contributed by atoms with Gasteiger partial charge in [0.1, 0.15) is 0 Å². The number of benzene rings is 2. The van der Waals surface area contributed by atoms with Crippen LogP contribution in [-0.4, -0.2) is 38.0 Å². The van der Waals surface area contributed by atoms with Gasteiger partial charge in [-0.05, 0) is 48.0 Å². The van der Waals surface area contributed by atoms with Crippen LogP contribution >= 0.6 is 0 Å². The van der Waals surface area contributed by atoms with Gasteiger partial charge in [0, 0.05) is 25.1 Å². The number of carbonyl (C=O) groups excluding carboxylic acids is 3. The number of ether oxygens (including phenoxy) is 4. The summed E-state index contributed by atoms with van der Waals surface area (Å²) in [6.07, 6.45) is 1.50. The van der Waals surface area contributed by atoms with E-state index in [0.717, 1.165) is 0 Å². The molecule has 2 aromatic rings. The van der Waals surface area contributed by atoms with Crippen molar-refractivity contribution in [2.75, 3.05) is 19.5 Å². The van der Waals surface area contributed by atoms with Crippen LogP contribution in [0.5, 0.6) is 17.2 Å². The smallest absolute Gasteiger partial charge is 0.363 e. The Morgan fingerprint density at radius 2 is 1.65 bits per heavy atom. The van der Waals surface area contributed by atoms with Crippen molar-refractivity contribution in [3.63, 3.8) is 0 Å². The molecule has 2 aromatic carbocycles. The number of nitrogens with zero attached hydrogens (tertiary/aromatic N) is 1. The first-order valence-electron chi connectivity index (χ1n) is 9.15. The molecule has 1 amide bonds. The number of esters is 2. The zero-order valence-corrected chi connectivity index (χ0v) is 17.3. The van der Waals surface area contributed by atoms with Gasteiger partial charge in [-0.25, -0.2) is 9.79 Å². The molecule has 0 aromatic heterocycles. The van der Waals surface area contributed by atoms with Crippen LogP contribution in [0.25, 0.3) is 6.08 Å². The Kier molecular flexibility index (Phi) is 6.35. The first-order valence-corrected chi connectivity index (χ1v) is 9.15. The maximum Gasteiger partial charge on any atom is 0.363 e. The molecule has 0 saturated heterocycles. The molecule has 0 radical (unpaired) electrons. The summed E-state index contributed by atoms with van der Waals surface area (Å²) in [6, 6.07) is 9.88. The number of hydrogen-bond donors (Lipinski definition) is 1. The van der Waals surface area contributed by atoms with Crippen LogP contribution < -0.4 is 19.5 Å². The molecule has 9 nitrogen and oxygen atoms in total. The second-order valence-corrected chi connectivity index (χ2v) is 6.44. The Hall–Kier alpha value is -4.14. The monoisotopic (exact) mass is 424 g/mol. The molecule has 31 heavy (non-hydrogen) atoms. The number of carbonyl (C=O) groups is 3. The van der Waals surface area contributed by atoms with Crippen molar-refractivity contribution in [2.24, 2.45) is 4.99 Å². The fourth-order valence-electron chi connectivity index (χ4n) is 2.82. The molecule has 0 fully saturated rings. The van der Waals surface area contributed by atoms with E-state index in [9.17, 15) is 14.4 Å². The van der Waals surface area contributed by atoms with Gasteiger partial charge in [0.05, 0.1) is 14.2 Å². The summed E-state index contributed by atoms with van der Waals surface area (Å²) in [5, 5.41) is 2.66. The zero-order chi connectivity index (χ0) is 22.5. The van der Waals surface area contributed by atoms with E-state index in [4.69, 9.17) is 18.9 Å². The summed E-state index contributed by atoms with van der Waals surface area (Å²) in [5.74, 6) is -0.550. The Bertz CT molecular complexity index is 1080. The third-order valence-corrected chi connectivity index (χ3v) is 4.10. The summed E-state index contributed by atoms with van der Waals surface area (Å²) in [6.45, 7) is 2.68. The summed E-state index contributed by atoms with van der Waals surface area (Å²) in [5.41, 5.74) is 1.79. The number of cyclic esters (lactones) is 1. The molecule has 1 N–H and O–H groups in total. The average molecular weight is 424 g/mol. The van der Waals surface area contributed by atoms with Crippen LogP contribution in [0.2, 0.25) is 0 Å². The Morgan fingerprint density at radius 3 is 2.16 bits per heavy atom. The van der Waals surface area contributed by atoms with E-state index < -0.39 is 11.9 Å². The Morgan fingerprint density at radius 1 is 1.03 bits per heavy atom. The van der Waals surface area contributed by atoms with E-state index in [-0.39, 0.29) is 34.8 Å². The first-order chi connectivity index (χ1) is 14.8. The minimum Gasteiger partial charge on any atom is -0.493 e. The SMILES string of the molecule is COc1cc(/C=C2\N=C(c3ccc(NC(C)=O)cc3)OC2=O)cc(OC)c1OC(C)=O. The van der Waals surface area contributed by atoms with E-state index in [0.29, 0.717) is 16.8 Å². The van der Waals surface area contributed by atoms with Gasteiger partial charge in [0.2, 0.25) is 17.6 Å². The van der Waals surface area contributed by atoms with E-state index in [1.807, 2.05) is 0 Å². The molecule has 1 aliphatic rings. The predicted molar refractivity (Wildman–Crippen MR) is 112 cm³/mol. The van der Waals surface area contributed by atoms with Crippen molar-refractivity contribution in [1.82, 2.24) is 0 Å². The first kappa shape index (κ1) is 21.6. The lowest BCUT2D eigenvalue weighted by Crippen LogP contribution is -2.07. The third kappa shape index (κ3) is 5.08. The van der Waals surface area contributed by atoms with Crippen LogP contribution in [0.15, 0.2) is 47.1 Å². The van der Waals surface area contributed by atoms with E-state index in [1.54, 1.807) is 36.4 Å². The highest BCUT2D eigenvalue weighted by Crippen LogP contribution is 2.39. The molecule has 1 heterocycles. The van der Waals surface area contributed by atoms with Crippen LogP contribution in [-0.2, 0) is 19.1 Å². The van der Waals surface area contributed by atoms with Gasteiger partial charge in [0.15, 0.2) is 17.2 Å². The van der Waals surface area contributed by atoms with Crippen LogP contribution in [0, 0.1) is 0 Å². The maximum atomic E-state index is 12.3. The summed E-state index contributed by atoms with van der Waals surface area (Å²) < 4.78 is 21.0. The molecule has 160 valence electrons. The van der Waals surface area contributed by atoms with Crippen molar-refractivity contribution in [3.8, 4) is 17.2 Å². The minimum absolute atomic E-state index is 0.0743. The summed E-state index contributed by atoms with van der Waals surface area (Å²) in [4.78, 5) is 39.0. The van der Waals surface area contributed by atoms with E-state index in [2.05, 4.69) is 10.3 Å². The average Bonchev–Trinajstić information content (AvgIpc) is 3.08. The molecule has 0 spiro atoms. The van der Waals surface area contributed by atoms with Gasteiger partial charge in [-0.15, -0.1) is 0 Å². The van der Waals surface area contributed by atoms with Crippen molar-refractivity contribution in [3.05, 3.63) is 53.2 Å². The molecule has 0 aliphatic carbocycles. The second kappa shape index (κ2) is 9.12. The highest BCUT2D eigenvalue weighted by Gasteiger charge is 2.25. The molecule has 3 rings (SSSR count). The largest absolute Gasteiger partial charge is 0.493 e. The summed E-state index contributed by atoms with van der Waals surface area (Å²) in [7, 11) is 2.84. The van der Waals surface area contributed by atoms with Gasteiger partial charge >= 0.3 is 11.9 Å². The number of amides is 1. The zero-order valence-electron chi connectivity index (χ0n) is 17.3. The molecule has 9 heteroatoms. The van der Waals surface area contributed by atoms with Crippen LogP contribution in [0.3, 0.4) is 0 Å². The van der Waals surface area contributed by atoms with Gasteiger partial charge < -0.3 is 24.3 Å². The lowest BCUT2D eigenvalue weighted by atomic mass is 10.1. The summed E-state index contributed by atoms with van der Waals surface area (Å²) >= 11 is 0. The molecule has 1 aliphatic heterocycles. The highest BCUT2D eigenvalue weighted by molar-refractivity contribution is 6.13. The maximum absolute atomic E-state index is 12.3. The quantitative estimate of drug-likeness (QED) is 0.431. The van der Waals surface area contributed by atoms with Gasteiger partial charge in [-0.2, -0.15) is 0 Å². The molecule has 0 saturated carbocycles. The highest BCUT2D eigenvalue weighted by atomic mass is 16.6. The number of anilines is 1. The number of nitrogens with one attached hydrogen (secondary N) is 1. The fraction of sp³-hybridized carbons (Fsp3) is 0.182. The molecule has 0 atom stereocenters. The molecular weight excluding hydrogens is 404 g/mol. The normalized spacial score (nSPS) is 14.0. The number of methoxy groups -OCH3 is 2. The predicted octanol–water partition coefficient (Wildman–Crippen LogP) is 2.93. The molecule has 0 bridgehead atoms. The fourth-order valence-corrected chi connectivity index (χ4v) is 2.82. The second-order valence-electron chi connectivity index (χ2n) is 6.44. The topological polar surface area (TPSA) is 113 Å². The Labute approximate surface area is 178 Å². The van der Waals surface area contributed by atoms with Gasteiger partial charge in [0.25, 0.3) is 0 Å². The molecule has 0 unspecified atom stereocenters. The standard InChI is InChI=1S/C22H20N2O7/c1-12(25)23-16-7-5-15(6-8-16)21-24-17(22(27)31-21)9-14-10-18(28-3)20(30-13(2)26)19(11-14)29-4/h5-11H,1-4H3,(H,23,25)/b17-9-. The number of rotatable bonds is 6. The van der Waals surface area contributed by atoms with Gasteiger partial charge in [-0.3, -0.25) is 9.59 Å². The van der Waals surface area contributed by atoms with Crippen molar-refractivity contribution < 1.29 is 33.3 Å². The molecular formula is C22H20N2O7.